The molecule has 2 aromatic rings. The van der Waals surface area contributed by atoms with Crippen molar-refractivity contribution in [3.63, 3.8) is 0 Å². The molecule has 25 heavy (non-hydrogen) atoms. The van der Waals surface area contributed by atoms with Crippen LogP contribution in [0, 0.1) is 0 Å². The van der Waals surface area contributed by atoms with Crippen LogP contribution in [0.5, 0.6) is 0 Å². The van der Waals surface area contributed by atoms with E-state index in [9.17, 15) is 0 Å². The standard InChI is InChI=1S/C19H25N5O/c1-2-7-20-19(6-1)24-10-8-23(9-11-24)15-12-22(13-15)14-17-16-4-3-5-18(16)25-21-17/h1-2,6-7,15H,3-5,8-14H2. The van der Waals surface area contributed by atoms with Crippen molar-refractivity contribution in [2.75, 3.05) is 44.2 Å². The number of piperazine rings is 1. The molecule has 2 fully saturated rings. The van der Waals surface area contributed by atoms with E-state index in [0.717, 1.165) is 70.2 Å². The molecule has 6 heteroatoms. The number of aromatic nitrogens is 2. The molecule has 2 aromatic heterocycles. The maximum Gasteiger partial charge on any atom is 0.140 e. The van der Waals surface area contributed by atoms with Gasteiger partial charge in [0, 0.05) is 70.0 Å². The first-order valence-electron chi connectivity index (χ1n) is 9.45. The molecule has 0 unspecified atom stereocenters. The van der Waals surface area contributed by atoms with E-state index in [2.05, 4.69) is 37.0 Å². The fraction of sp³-hybridized carbons (Fsp3) is 0.579. The SMILES string of the molecule is c1ccc(N2CCN(C3CN(Cc4noc5c4CCC5)C3)CC2)nc1. The molecule has 0 spiro atoms. The van der Waals surface area contributed by atoms with Crippen molar-refractivity contribution in [1.29, 1.82) is 0 Å². The molecule has 0 amide bonds. The summed E-state index contributed by atoms with van der Waals surface area (Å²) in [6.45, 7) is 7.69. The predicted octanol–water partition coefficient (Wildman–Crippen LogP) is 1.56. The minimum Gasteiger partial charge on any atom is -0.361 e. The zero-order chi connectivity index (χ0) is 16.6. The van der Waals surface area contributed by atoms with Crippen LogP contribution in [0.2, 0.25) is 0 Å². The van der Waals surface area contributed by atoms with Crippen molar-refractivity contribution in [3.8, 4) is 0 Å². The summed E-state index contributed by atoms with van der Waals surface area (Å²) < 4.78 is 5.48. The Balaban J connectivity index is 1.11. The maximum atomic E-state index is 5.48. The van der Waals surface area contributed by atoms with Crippen molar-refractivity contribution in [2.45, 2.75) is 31.8 Å². The highest BCUT2D eigenvalue weighted by atomic mass is 16.5. The van der Waals surface area contributed by atoms with Crippen molar-refractivity contribution in [2.24, 2.45) is 0 Å². The van der Waals surface area contributed by atoms with Crippen LogP contribution in [-0.2, 0) is 19.4 Å². The summed E-state index contributed by atoms with van der Waals surface area (Å²) in [6, 6.07) is 6.86. The third-order valence-corrected chi connectivity index (χ3v) is 5.90. The molecule has 0 atom stereocenters. The Morgan fingerprint density at radius 3 is 2.76 bits per heavy atom. The van der Waals surface area contributed by atoms with Crippen molar-refractivity contribution in [1.82, 2.24) is 19.9 Å². The molecular formula is C19H25N5O. The monoisotopic (exact) mass is 339 g/mol. The van der Waals surface area contributed by atoms with Crippen LogP contribution in [0.3, 0.4) is 0 Å². The highest BCUT2D eigenvalue weighted by Gasteiger charge is 2.34. The van der Waals surface area contributed by atoms with Gasteiger partial charge >= 0.3 is 0 Å². The molecular weight excluding hydrogens is 314 g/mol. The van der Waals surface area contributed by atoms with E-state index in [1.165, 1.54) is 17.7 Å². The summed E-state index contributed by atoms with van der Waals surface area (Å²) in [5, 5.41) is 4.30. The Labute approximate surface area is 148 Å². The van der Waals surface area contributed by atoms with Gasteiger partial charge in [-0.05, 0) is 25.0 Å². The Hall–Kier alpha value is -1.92. The average molecular weight is 339 g/mol. The zero-order valence-electron chi connectivity index (χ0n) is 14.6. The van der Waals surface area contributed by atoms with Gasteiger partial charge in [0.25, 0.3) is 0 Å². The quantitative estimate of drug-likeness (QED) is 0.843. The molecule has 2 aliphatic heterocycles. The van der Waals surface area contributed by atoms with Crippen molar-refractivity contribution < 1.29 is 4.52 Å². The van der Waals surface area contributed by atoms with Crippen molar-refractivity contribution in [3.05, 3.63) is 41.4 Å². The minimum atomic E-state index is 0.700. The summed E-state index contributed by atoms with van der Waals surface area (Å²) in [5.41, 5.74) is 2.58. The first-order valence-corrected chi connectivity index (χ1v) is 9.45. The van der Waals surface area contributed by atoms with Gasteiger partial charge in [-0.1, -0.05) is 11.2 Å². The summed E-state index contributed by atoms with van der Waals surface area (Å²) in [6.07, 6.45) is 5.34. The first-order chi connectivity index (χ1) is 12.4. The summed E-state index contributed by atoms with van der Waals surface area (Å²) in [7, 11) is 0. The average Bonchev–Trinajstić information content (AvgIpc) is 3.23. The number of fused-ring (bicyclic) bond motifs is 1. The Morgan fingerprint density at radius 1 is 1.08 bits per heavy atom. The van der Waals surface area contributed by atoms with Crippen LogP contribution < -0.4 is 4.90 Å². The number of nitrogens with zero attached hydrogens (tertiary/aromatic N) is 5. The second-order valence-electron chi connectivity index (χ2n) is 7.44. The molecule has 132 valence electrons. The molecule has 1 aliphatic carbocycles. The van der Waals surface area contributed by atoms with Gasteiger partial charge in [-0.15, -0.1) is 0 Å². The molecule has 5 rings (SSSR count). The number of hydrogen-bond donors (Lipinski definition) is 0. The van der Waals surface area contributed by atoms with Crippen molar-refractivity contribution >= 4 is 5.82 Å². The van der Waals surface area contributed by atoms with Gasteiger partial charge < -0.3 is 9.42 Å². The third-order valence-electron chi connectivity index (χ3n) is 5.90. The maximum absolute atomic E-state index is 5.48. The first kappa shape index (κ1) is 15.3. The molecule has 0 radical (unpaired) electrons. The molecule has 0 N–H and O–H groups in total. The largest absolute Gasteiger partial charge is 0.361 e. The highest BCUT2D eigenvalue weighted by Crippen LogP contribution is 2.27. The molecule has 0 bridgehead atoms. The zero-order valence-corrected chi connectivity index (χ0v) is 14.6. The summed E-state index contributed by atoms with van der Waals surface area (Å²) in [4.78, 5) is 12.0. The topological polar surface area (TPSA) is 48.6 Å². The third kappa shape index (κ3) is 2.93. The summed E-state index contributed by atoms with van der Waals surface area (Å²) in [5.74, 6) is 2.25. The van der Waals surface area contributed by atoms with Gasteiger partial charge in [0.1, 0.15) is 17.3 Å². The number of anilines is 1. The van der Waals surface area contributed by atoms with E-state index in [0.29, 0.717) is 6.04 Å². The smallest absolute Gasteiger partial charge is 0.140 e. The molecule has 6 nitrogen and oxygen atoms in total. The second kappa shape index (κ2) is 6.42. The van der Waals surface area contributed by atoms with E-state index >= 15 is 0 Å². The van der Waals surface area contributed by atoms with Gasteiger partial charge in [-0.2, -0.15) is 0 Å². The molecule has 0 aromatic carbocycles. The Kier molecular flexibility index (Phi) is 3.94. The minimum absolute atomic E-state index is 0.700. The van der Waals surface area contributed by atoms with Crippen LogP contribution >= 0.6 is 0 Å². The van der Waals surface area contributed by atoms with Gasteiger partial charge in [-0.25, -0.2) is 4.98 Å². The fourth-order valence-electron chi connectivity index (χ4n) is 4.38. The van der Waals surface area contributed by atoms with Crippen LogP contribution in [0.4, 0.5) is 5.82 Å². The normalized spacial score (nSPS) is 22.2. The lowest BCUT2D eigenvalue weighted by Crippen LogP contribution is -2.62. The fourth-order valence-corrected chi connectivity index (χ4v) is 4.38. The molecule has 2 saturated heterocycles. The van der Waals surface area contributed by atoms with E-state index in [1.54, 1.807) is 0 Å². The van der Waals surface area contributed by atoms with Crippen LogP contribution in [-0.4, -0.2) is 65.3 Å². The van der Waals surface area contributed by atoms with Gasteiger partial charge in [0.15, 0.2) is 0 Å². The number of rotatable bonds is 4. The van der Waals surface area contributed by atoms with Gasteiger partial charge in [-0.3, -0.25) is 9.80 Å². The predicted molar refractivity (Wildman–Crippen MR) is 95.6 cm³/mol. The van der Waals surface area contributed by atoms with E-state index in [-0.39, 0.29) is 0 Å². The number of aryl methyl sites for hydroxylation is 1. The number of likely N-dealkylation sites (tertiary alicyclic amines) is 1. The lowest BCUT2D eigenvalue weighted by Gasteiger charge is -2.48. The van der Waals surface area contributed by atoms with Gasteiger partial charge in [0.2, 0.25) is 0 Å². The highest BCUT2D eigenvalue weighted by molar-refractivity contribution is 5.38. The van der Waals surface area contributed by atoms with E-state index in [4.69, 9.17) is 4.52 Å². The van der Waals surface area contributed by atoms with Crippen LogP contribution in [0.1, 0.15) is 23.4 Å². The van der Waals surface area contributed by atoms with Crippen LogP contribution in [0.15, 0.2) is 28.9 Å². The van der Waals surface area contributed by atoms with E-state index < -0.39 is 0 Å². The van der Waals surface area contributed by atoms with Gasteiger partial charge in [0.05, 0.1) is 0 Å². The Bertz CT molecular complexity index is 717. The molecule has 0 saturated carbocycles. The lowest BCUT2D eigenvalue weighted by molar-refractivity contribution is 0.0241. The molecule has 3 aliphatic rings. The number of hydrogen-bond acceptors (Lipinski definition) is 6. The Morgan fingerprint density at radius 2 is 1.96 bits per heavy atom. The summed E-state index contributed by atoms with van der Waals surface area (Å²) >= 11 is 0. The number of pyridine rings is 1. The van der Waals surface area contributed by atoms with Crippen LogP contribution in [0.25, 0.3) is 0 Å². The molecule has 4 heterocycles. The van der Waals surface area contributed by atoms with E-state index in [1.807, 2.05) is 12.3 Å². The lowest BCUT2D eigenvalue weighted by atomic mass is 10.0. The second-order valence-corrected chi connectivity index (χ2v) is 7.44.